The third-order valence-corrected chi connectivity index (χ3v) is 5.93. The van der Waals surface area contributed by atoms with Gasteiger partial charge in [-0.2, -0.15) is 10.1 Å². The minimum atomic E-state index is -2.33. The van der Waals surface area contributed by atoms with Crippen molar-refractivity contribution < 1.29 is 31.5 Å². The third kappa shape index (κ3) is 4.99. The summed E-state index contributed by atoms with van der Waals surface area (Å²) < 4.78 is 75.3. The number of benzene rings is 3. The number of hydrogen-bond acceptors (Lipinski definition) is 3. The molecule has 3 aromatic carbocycles. The standard InChI is InChI=1S/C27H18ClF5N2O2/c1-3-6-16-11-15(9-10-20(16)37-13-17-7-4-5-8-19(17)28)12-18-14(2)34-35(27(18)36)26-24(32)22(30)21(29)23(31)25(26)33/h3-5,7-12H,1,6,13H2,2H3/b18-12+. The van der Waals surface area contributed by atoms with E-state index in [9.17, 15) is 26.7 Å². The average molecular weight is 533 g/mol. The summed E-state index contributed by atoms with van der Waals surface area (Å²) in [5, 5.41) is 4.47. The van der Waals surface area contributed by atoms with E-state index in [0.29, 0.717) is 22.8 Å². The fourth-order valence-electron chi connectivity index (χ4n) is 3.70. The molecule has 3 aromatic rings. The number of rotatable bonds is 7. The second-order valence-corrected chi connectivity index (χ2v) is 8.43. The van der Waals surface area contributed by atoms with Crippen LogP contribution in [0.15, 0.2) is 65.8 Å². The second kappa shape index (κ2) is 10.6. The molecule has 4 rings (SSSR count). The van der Waals surface area contributed by atoms with Crippen molar-refractivity contribution in [2.45, 2.75) is 20.0 Å². The van der Waals surface area contributed by atoms with Crippen molar-refractivity contribution in [2.75, 3.05) is 5.01 Å². The van der Waals surface area contributed by atoms with Gasteiger partial charge in [0.25, 0.3) is 5.91 Å². The quantitative estimate of drug-likeness (QED) is 0.107. The predicted molar refractivity (Wildman–Crippen MR) is 131 cm³/mol. The number of carbonyl (C=O) groups is 1. The lowest BCUT2D eigenvalue weighted by Crippen LogP contribution is -2.25. The maximum atomic E-state index is 14.3. The normalized spacial score (nSPS) is 14.4. The van der Waals surface area contributed by atoms with Gasteiger partial charge in [-0.15, -0.1) is 6.58 Å². The van der Waals surface area contributed by atoms with Crippen LogP contribution in [0.25, 0.3) is 6.08 Å². The Morgan fingerprint density at radius 3 is 2.27 bits per heavy atom. The molecule has 37 heavy (non-hydrogen) atoms. The smallest absolute Gasteiger partial charge is 0.280 e. The molecule has 0 spiro atoms. The summed E-state index contributed by atoms with van der Waals surface area (Å²) in [6.45, 7) is 5.33. The lowest BCUT2D eigenvalue weighted by atomic mass is 10.0. The summed E-state index contributed by atoms with van der Waals surface area (Å²) in [6, 6.07) is 12.3. The number of allylic oxidation sites excluding steroid dienone is 1. The molecular formula is C27H18ClF5N2O2. The Balaban J connectivity index is 1.64. The fraction of sp³-hybridized carbons (Fsp3) is 0.111. The first-order chi connectivity index (χ1) is 17.6. The monoisotopic (exact) mass is 532 g/mol. The van der Waals surface area contributed by atoms with E-state index in [1.54, 1.807) is 36.4 Å². The van der Waals surface area contributed by atoms with Crippen molar-refractivity contribution in [3.05, 3.63) is 111 Å². The molecule has 0 aliphatic carbocycles. The molecule has 1 aliphatic heterocycles. The molecule has 190 valence electrons. The van der Waals surface area contributed by atoms with Gasteiger partial charge in [0.15, 0.2) is 23.3 Å². The minimum absolute atomic E-state index is 0.0262. The van der Waals surface area contributed by atoms with E-state index in [2.05, 4.69) is 11.7 Å². The van der Waals surface area contributed by atoms with Gasteiger partial charge >= 0.3 is 0 Å². The average Bonchev–Trinajstić information content (AvgIpc) is 3.15. The molecule has 0 N–H and O–H groups in total. The third-order valence-electron chi connectivity index (χ3n) is 5.56. The summed E-state index contributed by atoms with van der Waals surface area (Å²) >= 11 is 6.18. The van der Waals surface area contributed by atoms with Crippen LogP contribution in [-0.4, -0.2) is 11.6 Å². The highest BCUT2D eigenvalue weighted by molar-refractivity contribution is 6.32. The van der Waals surface area contributed by atoms with Gasteiger partial charge in [0.1, 0.15) is 18.0 Å². The fourth-order valence-corrected chi connectivity index (χ4v) is 3.89. The van der Waals surface area contributed by atoms with E-state index < -0.39 is 40.7 Å². The number of carbonyl (C=O) groups excluding carboxylic acids is 1. The summed E-state index contributed by atoms with van der Waals surface area (Å²) in [4.78, 5) is 12.9. The Bertz CT molecular complexity index is 1460. The van der Waals surface area contributed by atoms with Gasteiger partial charge in [-0.3, -0.25) is 4.79 Å². The first kappa shape index (κ1) is 26.1. The lowest BCUT2D eigenvalue weighted by molar-refractivity contribution is -0.114. The Morgan fingerprint density at radius 2 is 1.62 bits per heavy atom. The molecule has 0 bridgehead atoms. The van der Waals surface area contributed by atoms with Crippen LogP contribution in [0.2, 0.25) is 5.02 Å². The summed E-state index contributed by atoms with van der Waals surface area (Å²) in [6.07, 6.45) is 3.48. The van der Waals surface area contributed by atoms with Crippen LogP contribution in [0.5, 0.6) is 5.75 Å². The van der Waals surface area contributed by atoms with Crippen LogP contribution < -0.4 is 9.75 Å². The maximum Gasteiger partial charge on any atom is 0.280 e. The van der Waals surface area contributed by atoms with Gasteiger partial charge in [0.05, 0.1) is 11.3 Å². The van der Waals surface area contributed by atoms with E-state index >= 15 is 0 Å². The molecular weight excluding hydrogens is 515 g/mol. The molecule has 0 unspecified atom stereocenters. The van der Waals surface area contributed by atoms with Gasteiger partial charge < -0.3 is 4.74 Å². The zero-order valence-electron chi connectivity index (χ0n) is 19.3. The molecule has 0 saturated carbocycles. The molecule has 10 heteroatoms. The number of nitrogens with zero attached hydrogens (tertiary/aromatic N) is 2. The molecule has 0 fully saturated rings. The summed E-state index contributed by atoms with van der Waals surface area (Å²) in [5.74, 6) is -11.5. The molecule has 0 radical (unpaired) electrons. The molecule has 1 heterocycles. The van der Waals surface area contributed by atoms with Crippen molar-refractivity contribution in [3.8, 4) is 5.75 Å². The zero-order valence-corrected chi connectivity index (χ0v) is 20.1. The molecule has 1 aliphatic rings. The van der Waals surface area contributed by atoms with Crippen LogP contribution >= 0.6 is 11.6 Å². The minimum Gasteiger partial charge on any atom is -0.489 e. The highest BCUT2D eigenvalue weighted by atomic mass is 35.5. The summed E-state index contributed by atoms with van der Waals surface area (Å²) in [5.41, 5.74) is 0.528. The van der Waals surface area contributed by atoms with E-state index in [1.165, 1.54) is 13.0 Å². The number of halogens is 6. The first-order valence-corrected chi connectivity index (χ1v) is 11.2. The van der Waals surface area contributed by atoms with Crippen molar-refractivity contribution >= 4 is 35.0 Å². The van der Waals surface area contributed by atoms with E-state index in [-0.39, 0.29) is 22.9 Å². The Hall–Kier alpha value is -3.98. The van der Waals surface area contributed by atoms with Crippen LogP contribution in [-0.2, 0) is 17.8 Å². The van der Waals surface area contributed by atoms with Crippen LogP contribution in [0.1, 0.15) is 23.6 Å². The lowest BCUT2D eigenvalue weighted by Gasteiger charge is -2.15. The molecule has 4 nitrogen and oxygen atoms in total. The highest BCUT2D eigenvalue weighted by Gasteiger charge is 2.37. The van der Waals surface area contributed by atoms with Crippen molar-refractivity contribution in [3.63, 3.8) is 0 Å². The maximum absolute atomic E-state index is 14.3. The van der Waals surface area contributed by atoms with Gasteiger partial charge in [0.2, 0.25) is 5.82 Å². The SMILES string of the molecule is C=CCc1cc(/C=C2/C(=O)N(c3c(F)c(F)c(F)c(F)c3F)N=C2C)ccc1OCc1ccccc1Cl. The number of amides is 1. The largest absolute Gasteiger partial charge is 0.489 e. The van der Waals surface area contributed by atoms with Crippen LogP contribution in [0, 0.1) is 29.1 Å². The van der Waals surface area contributed by atoms with Crippen LogP contribution in [0.3, 0.4) is 0 Å². The van der Waals surface area contributed by atoms with Crippen LogP contribution in [0.4, 0.5) is 27.6 Å². The van der Waals surface area contributed by atoms with Crippen molar-refractivity contribution in [2.24, 2.45) is 5.10 Å². The van der Waals surface area contributed by atoms with Crippen molar-refractivity contribution in [1.29, 1.82) is 0 Å². The Labute approximate surface area is 213 Å². The molecule has 0 aromatic heterocycles. The van der Waals surface area contributed by atoms with Crippen molar-refractivity contribution in [1.82, 2.24) is 0 Å². The number of ether oxygens (including phenoxy) is 1. The zero-order chi connectivity index (χ0) is 26.9. The Kier molecular flexibility index (Phi) is 7.45. The Morgan fingerprint density at radius 1 is 0.973 bits per heavy atom. The van der Waals surface area contributed by atoms with Gasteiger partial charge in [-0.25, -0.2) is 22.0 Å². The molecule has 0 atom stereocenters. The van der Waals surface area contributed by atoms with E-state index in [0.717, 1.165) is 11.1 Å². The molecule has 1 amide bonds. The second-order valence-electron chi connectivity index (χ2n) is 8.02. The number of hydrazone groups is 1. The van der Waals surface area contributed by atoms with E-state index in [1.807, 2.05) is 12.1 Å². The van der Waals surface area contributed by atoms with Gasteiger partial charge in [0, 0.05) is 10.6 Å². The number of anilines is 1. The summed E-state index contributed by atoms with van der Waals surface area (Å²) in [7, 11) is 0. The van der Waals surface area contributed by atoms with E-state index in [4.69, 9.17) is 16.3 Å². The van der Waals surface area contributed by atoms with Gasteiger partial charge in [-0.05, 0) is 48.7 Å². The highest BCUT2D eigenvalue weighted by Crippen LogP contribution is 2.34. The molecule has 0 saturated heterocycles. The topological polar surface area (TPSA) is 41.9 Å². The number of hydrogen-bond donors (Lipinski definition) is 0. The van der Waals surface area contributed by atoms with Gasteiger partial charge in [-0.1, -0.05) is 41.9 Å². The predicted octanol–water partition coefficient (Wildman–Crippen LogP) is 7.15. The first-order valence-electron chi connectivity index (χ1n) is 10.9.